The van der Waals surface area contributed by atoms with E-state index >= 15 is 0 Å². The molecule has 13 heteroatoms. The topological polar surface area (TPSA) is 202 Å². The number of phenols is 1. The Morgan fingerprint density at radius 2 is 1.59 bits per heavy atom. The highest BCUT2D eigenvalue weighted by Gasteiger charge is 2.58. The minimum absolute atomic E-state index is 0.0362. The fourth-order valence-electron chi connectivity index (χ4n) is 7.78. The van der Waals surface area contributed by atoms with Crippen LogP contribution in [0.4, 0.5) is 0 Å². The lowest BCUT2D eigenvalue weighted by molar-refractivity contribution is -0.274. The summed E-state index contributed by atoms with van der Waals surface area (Å²) >= 11 is 0. The van der Waals surface area contributed by atoms with E-state index in [0.717, 1.165) is 0 Å². The van der Waals surface area contributed by atoms with Gasteiger partial charge in [0.25, 0.3) is 0 Å². The molecular weight excluding hydrogens is 694 g/mol. The number of rotatable bonds is 12. The highest BCUT2D eigenvalue weighted by atomic mass is 16.7. The van der Waals surface area contributed by atoms with E-state index < -0.39 is 59.6 Å². The molecule has 1 fully saturated rings. The van der Waals surface area contributed by atoms with Crippen molar-refractivity contribution in [3.8, 4) is 11.5 Å². The zero-order valence-corrected chi connectivity index (χ0v) is 32.4. The van der Waals surface area contributed by atoms with Gasteiger partial charge in [-0.05, 0) is 78.3 Å². The van der Waals surface area contributed by atoms with Crippen LogP contribution in [0.2, 0.25) is 0 Å². The second kappa shape index (κ2) is 15.7. The van der Waals surface area contributed by atoms with Crippen molar-refractivity contribution in [3.63, 3.8) is 0 Å². The number of aliphatic hydroxyl groups excluding tert-OH is 1. The highest BCUT2D eigenvalue weighted by Crippen LogP contribution is 2.52. The summed E-state index contributed by atoms with van der Waals surface area (Å²) in [4.78, 5) is 39.9. The lowest BCUT2D eigenvalue weighted by atomic mass is 9.74. The van der Waals surface area contributed by atoms with Crippen LogP contribution in [0.25, 0.3) is 0 Å². The summed E-state index contributed by atoms with van der Waals surface area (Å²) in [5, 5.41) is 24.5. The summed E-state index contributed by atoms with van der Waals surface area (Å²) in [5.41, 5.74) is 16.0. The summed E-state index contributed by atoms with van der Waals surface area (Å²) in [5.74, 6) is -3.76. The van der Waals surface area contributed by atoms with Gasteiger partial charge in [-0.15, -0.1) is 0 Å². The molecule has 292 valence electrons. The summed E-state index contributed by atoms with van der Waals surface area (Å²) in [6.07, 6.45) is -3.58. The number of nitrogens with two attached hydrogens (primary N) is 2. The number of fused-ring (bicyclic) bond motifs is 1. The summed E-state index contributed by atoms with van der Waals surface area (Å²) < 4.78 is 30.7. The third-order valence-corrected chi connectivity index (χ3v) is 10.6. The van der Waals surface area contributed by atoms with Gasteiger partial charge in [0.1, 0.15) is 17.6 Å². The first-order valence-electron chi connectivity index (χ1n) is 18.2. The minimum Gasteiger partial charge on any atom is -0.508 e. The molecule has 3 aromatic rings. The van der Waals surface area contributed by atoms with Crippen LogP contribution in [-0.2, 0) is 34.1 Å². The maximum absolute atomic E-state index is 13.9. The lowest BCUT2D eigenvalue weighted by Crippen LogP contribution is -2.70. The predicted octanol–water partition coefficient (Wildman–Crippen LogP) is 3.92. The molecule has 2 aliphatic rings. The van der Waals surface area contributed by atoms with Gasteiger partial charge in [-0.1, -0.05) is 45.9 Å². The second-order valence-electron chi connectivity index (χ2n) is 14.9. The molecular formula is C41H53N3O10. The SMILES string of the molecule is COC(=O)[C@@]1(Oc2cc(C)c(C3(c4cc(C(C)C)c(O)cc4C)OC(=O)c4ccccc43)cc2C(C)C)C[C@H](OC)[C@@H](NC(C)=O)C([C@@H](N)[C@@H](O)CN)O1. The van der Waals surface area contributed by atoms with E-state index in [9.17, 15) is 24.6 Å². The number of hydrogen-bond donors (Lipinski definition) is 5. The van der Waals surface area contributed by atoms with Crippen LogP contribution in [0.5, 0.6) is 11.5 Å². The maximum atomic E-state index is 13.9. The number of phenolic OH excluding ortho intramolecular Hbond substituents is 1. The van der Waals surface area contributed by atoms with Crippen LogP contribution in [0.15, 0.2) is 48.5 Å². The number of carbonyl (C=O) groups is 3. The van der Waals surface area contributed by atoms with Crippen molar-refractivity contribution in [2.75, 3.05) is 20.8 Å². The number of aryl methyl sites for hydroxylation is 2. The van der Waals surface area contributed by atoms with E-state index in [1.165, 1.54) is 21.1 Å². The molecule has 0 radical (unpaired) electrons. The van der Waals surface area contributed by atoms with Crippen LogP contribution in [-0.4, -0.2) is 85.0 Å². The Labute approximate surface area is 316 Å². The summed E-state index contributed by atoms with van der Waals surface area (Å²) in [7, 11) is 2.62. The second-order valence-corrected chi connectivity index (χ2v) is 14.9. The summed E-state index contributed by atoms with van der Waals surface area (Å²) in [6.45, 7) is 12.7. The van der Waals surface area contributed by atoms with Gasteiger partial charge in [-0.3, -0.25) is 4.79 Å². The number of aromatic hydroxyl groups is 1. The lowest BCUT2D eigenvalue weighted by Gasteiger charge is -2.48. The van der Waals surface area contributed by atoms with E-state index in [0.29, 0.717) is 44.5 Å². The number of ether oxygens (including phenoxy) is 5. The van der Waals surface area contributed by atoms with Gasteiger partial charge >= 0.3 is 17.7 Å². The standard InChI is InChI=1S/C41H53N3O10/c1-20(2)26-16-29(22(5)14-31(26)46)41(28-13-11-10-12-25(28)38(48)54-41)30-17-27(21(3)4)33(15-23(30)6)52-40(39(49)51-9)18-34(50-8)36(44-24(7)45)37(53-40)35(43)32(47)19-42/h10-17,20-21,32,34-37,46-47H,18-19,42-43H2,1-9H3,(H,44,45)/t32-,34-,35-,36+,37?,40+,41?/m0/s1. The number of hydrogen-bond acceptors (Lipinski definition) is 12. The molecule has 5 rings (SSSR count). The Balaban J connectivity index is 1.74. The Kier molecular flexibility index (Phi) is 11.8. The van der Waals surface area contributed by atoms with Crippen molar-refractivity contribution in [3.05, 3.63) is 93.0 Å². The average Bonchev–Trinajstić information content (AvgIpc) is 3.42. The van der Waals surface area contributed by atoms with Crippen molar-refractivity contribution in [1.29, 1.82) is 0 Å². The average molecular weight is 748 g/mol. The smallest absolute Gasteiger partial charge is 0.379 e. The molecule has 7 atom stereocenters. The van der Waals surface area contributed by atoms with Crippen LogP contribution in [0, 0.1) is 13.8 Å². The van der Waals surface area contributed by atoms with Crippen molar-refractivity contribution >= 4 is 17.8 Å². The first-order valence-corrected chi connectivity index (χ1v) is 18.2. The van der Waals surface area contributed by atoms with E-state index in [1.54, 1.807) is 24.3 Å². The Morgan fingerprint density at radius 1 is 0.981 bits per heavy atom. The van der Waals surface area contributed by atoms with Gasteiger partial charge in [0, 0.05) is 37.3 Å². The third-order valence-electron chi connectivity index (χ3n) is 10.6. The maximum Gasteiger partial charge on any atom is 0.379 e. The molecule has 2 aliphatic heterocycles. The van der Waals surface area contributed by atoms with Gasteiger partial charge in [0.15, 0.2) is 5.60 Å². The third kappa shape index (κ3) is 7.06. The molecule has 2 unspecified atom stereocenters. The van der Waals surface area contributed by atoms with Crippen LogP contribution in [0.3, 0.4) is 0 Å². The van der Waals surface area contributed by atoms with E-state index in [1.807, 2.05) is 65.8 Å². The van der Waals surface area contributed by atoms with Gasteiger partial charge in [0.2, 0.25) is 5.91 Å². The van der Waals surface area contributed by atoms with Crippen molar-refractivity contribution < 1.29 is 48.3 Å². The molecule has 0 aliphatic carbocycles. The Bertz CT molecular complexity index is 1910. The van der Waals surface area contributed by atoms with E-state index in [4.69, 9.17) is 35.2 Å². The molecule has 1 amide bonds. The number of cyclic esters (lactones) is 1. The Hall–Kier alpha value is -4.53. The molecule has 2 heterocycles. The fraction of sp³-hybridized carbons (Fsp3) is 0.488. The van der Waals surface area contributed by atoms with Crippen molar-refractivity contribution in [2.24, 2.45) is 11.5 Å². The quantitative estimate of drug-likeness (QED) is 0.168. The molecule has 0 spiro atoms. The molecule has 0 bridgehead atoms. The zero-order chi connectivity index (χ0) is 39.9. The molecule has 1 saturated heterocycles. The molecule has 13 nitrogen and oxygen atoms in total. The first-order chi connectivity index (χ1) is 25.5. The Morgan fingerprint density at radius 3 is 2.17 bits per heavy atom. The van der Waals surface area contributed by atoms with Crippen LogP contribution in [0.1, 0.15) is 102 Å². The largest absolute Gasteiger partial charge is 0.508 e. The molecule has 0 aromatic heterocycles. The number of benzene rings is 3. The first kappa shape index (κ1) is 40.7. The zero-order valence-electron chi connectivity index (χ0n) is 32.4. The number of carbonyl (C=O) groups excluding carboxylic acids is 3. The molecule has 0 saturated carbocycles. The summed E-state index contributed by atoms with van der Waals surface area (Å²) in [6, 6.07) is 12.5. The van der Waals surface area contributed by atoms with Crippen molar-refractivity contribution in [1.82, 2.24) is 5.32 Å². The highest BCUT2D eigenvalue weighted by molar-refractivity contribution is 5.96. The van der Waals surface area contributed by atoms with Crippen molar-refractivity contribution in [2.45, 2.75) is 109 Å². The monoisotopic (exact) mass is 747 g/mol. The van der Waals surface area contributed by atoms with Gasteiger partial charge in [-0.25, -0.2) is 9.59 Å². The van der Waals surface area contributed by atoms with Crippen LogP contribution >= 0.6 is 0 Å². The number of nitrogens with one attached hydrogen (secondary N) is 1. The van der Waals surface area contributed by atoms with Gasteiger partial charge in [0.05, 0.1) is 43.4 Å². The number of aliphatic hydroxyl groups is 1. The van der Waals surface area contributed by atoms with E-state index in [2.05, 4.69) is 5.32 Å². The number of esters is 2. The minimum atomic E-state index is -2.15. The molecule has 54 heavy (non-hydrogen) atoms. The van der Waals surface area contributed by atoms with Crippen LogP contribution < -0.4 is 21.5 Å². The van der Waals surface area contributed by atoms with Gasteiger partial charge < -0.3 is 50.7 Å². The number of amides is 1. The number of methoxy groups -OCH3 is 2. The molecule has 7 N–H and O–H groups in total. The normalized spacial score (nSPS) is 24.9. The van der Waals surface area contributed by atoms with Gasteiger partial charge in [-0.2, -0.15) is 0 Å². The molecule has 3 aromatic carbocycles. The fourth-order valence-corrected chi connectivity index (χ4v) is 7.78. The predicted molar refractivity (Wildman–Crippen MR) is 200 cm³/mol. The van der Waals surface area contributed by atoms with E-state index in [-0.39, 0.29) is 36.3 Å².